The molecule has 0 aromatic rings. The predicted molar refractivity (Wildman–Crippen MR) is 334 cm³/mol. The first-order valence-corrected chi connectivity index (χ1v) is 32.4. The van der Waals surface area contributed by atoms with Crippen molar-refractivity contribution in [2.75, 3.05) is 13.2 Å². The van der Waals surface area contributed by atoms with Gasteiger partial charge in [-0.25, -0.2) is 0 Å². The number of allylic oxidation sites excluding steroid dienone is 18. The number of unbranched alkanes of at least 4 members (excludes halogenated alkanes) is 29. The minimum absolute atomic E-state index is 0.0913. The van der Waals surface area contributed by atoms with E-state index in [-0.39, 0.29) is 31.1 Å². The molecule has 6 nitrogen and oxygen atoms in total. The largest absolute Gasteiger partial charge is 0.462 e. The van der Waals surface area contributed by atoms with Gasteiger partial charge in [-0.05, 0) is 122 Å². The molecule has 0 aliphatic carbocycles. The Bertz CT molecular complexity index is 1560. The predicted octanol–water partition coefficient (Wildman–Crippen LogP) is 22.2. The summed E-state index contributed by atoms with van der Waals surface area (Å²) in [6.45, 7) is 6.46. The van der Waals surface area contributed by atoms with Crippen LogP contribution < -0.4 is 0 Å². The molecule has 0 fully saturated rings. The molecule has 0 aromatic carbocycles. The number of rotatable bonds is 58. The number of esters is 3. The Morgan fingerprint density at radius 3 is 0.857 bits per heavy atom. The maximum atomic E-state index is 12.9. The molecular formula is C71H120O6. The van der Waals surface area contributed by atoms with Crippen LogP contribution in [-0.4, -0.2) is 37.2 Å². The Morgan fingerprint density at radius 2 is 0.532 bits per heavy atom. The third-order valence-electron chi connectivity index (χ3n) is 13.7. The second kappa shape index (κ2) is 64.6. The second-order valence-electron chi connectivity index (χ2n) is 21.3. The van der Waals surface area contributed by atoms with Gasteiger partial charge in [-0.15, -0.1) is 0 Å². The SMILES string of the molecule is CC/C=C\C/C=C\C/C=C\C/C=C\C/C=C\C/C=C\CCCCCCCCC(=O)OCC(COC(=O)CCCCCCC/C=C\C/C=C\CCC)OC(=O)CCCCCCCCCCC/C=C\CCCCCCCCCC. The van der Waals surface area contributed by atoms with Crippen molar-refractivity contribution in [3.63, 3.8) is 0 Å². The lowest BCUT2D eigenvalue weighted by molar-refractivity contribution is -0.167. The van der Waals surface area contributed by atoms with Crippen molar-refractivity contribution in [3.05, 3.63) is 109 Å². The summed E-state index contributed by atoms with van der Waals surface area (Å²) in [5.41, 5.74) is 0. The van der Waals surface area contributed by atoms with E-state index in [1.807, 2.05) is 0 Å². The molecule has 0 N–H and O–H groups in total. The van der Waals surface area contributed by atoms with Crippen LogP contribution in [0.5, 0.6) is 0 Å². The van der Waals surface area contributed by atoms with E-state index < -0.39 is 6.10 Å². The Hall–Kier alpha value is -3.93. The summed E-state index contributed by atoms with van der Waals surface area (Å²) in [6.07, 6.45) is 88.1. The van der Waals surface area contributed by atoms with E-state index in [1.54, 1.807) is 0 Å². The molecule has 0 aliphatic rings. The number of carbonyl (C=O) groups excluding carboxylic acids is 3. The summed E-state index contributed by atoms with van der Waals surface area (Å²) >= 11 is 0. The molecule has 0 spiro atoms. The second-order valence-corrected chi connectivity index (χ2v) is 21.3. The number of hydrogen-bond donors (Lipinski definition) is 0. The van der Waals surface area contributed by atoms with Gasteiger partial charge in [0.1, 0.15) is 13.2 Å². The highest BCUT2D eigenvalue weighted by Gasteiger charge is 2.19. The van der Waals surface area contributed by atoms with E-state index in [2.05, 4.69) is 130 Å². The maximum Gasteiger partial charge on any atom is 0.306 e. The number of ether oxygens (including phenoxy) is 3. The molecule has 1 atom stereocenters. The maximum absolute atomic E-state index is 12.9. The van der Waals surface area contributed by atoms with Gasteiger partial charge in [-0.3, -0.25) is 14.4 Å². The lowest BCUT2D eigenvalue weighted by Gasteiger charge is -2.18. The molecule has 0 bridgehead atoms. The van der Waals surface area contributed by atoms with Crippen LogP contribution >= 0.6 is 0 Å². The van der Waals surface area contributed by atoms with Gasteiger partial charge in [0.25, 0.3) is 0 Å². The number of hydrogen-bond acceptors (Lipinski definition) is 6. The first-order chi connectivity index (χ1) is 38.0. The summed E-state index contributed by atoms with van der Waals surface area (Å²) < 4.78 is 16.9. The fourth-order valence-corrected chi connectivity index (χ4v) is 8.89. The smallest absolute Gasteiger partial charge is 0.306 e. The van der Waals surface area contributed by atoms with Crippen molar-refractivity contribution in [3.8, 4) is 0 Å². The summed E-state index contributed by atoms with van der Waals surface area (Å²) in [6, 6.07) is 0. The van der Waals surface area contributed by atoms with Crippen LogP contribution in [0.1, 0.15) is 303 Å². The van der Waals surface area contributed by atoms with Crippen molar-refractivity contribution in [2.24, 2.45) is 0 Å². The molecule has 1 unspecified atom stereocenters. The molecule has 0 saturated heterocycles. The molecule has 0 radical (unpaired) electrons. The van der Waals surface area contributed by atoms with E-state index in [9.17, 15) is 14.4 Å². The highest BCUT2D eigenvalue weighted by Crippen LogP contribution is 2.16. The molecule has 6 heteroatoms. The van der Waals surface area contributed by atoms with E-state index in [1.165, 1.54) is 122 Å². The van der Waals surface area contributed by atoms with Gasteiger partial charge < -0.3 is 14.2 Å². The van der Waals surface area contributed by atoms with Crippen LogP contribution in [0, 0.1) is 0 Å². The van der Waals surface area contributed by atoms with Crippen LogP contribution in [0.4, 0.5) is 0 Å². The quantitative estimate of drug-likeness (QED) is 0.0261. The van der Waals surface area contributed by atoms with Crippen molar-refractivity contribution in [1.29, 1.82) is 0 Å². The zero-order chi connectivity index (χ0) is 55.7. The van der Waals surface area contributed by atoms with Gasteiger partial charge >= 0.3 is 17.9 Å². The summed E-state index contributed by atoms with van der Waals surface area (Å²) in [7, 11) is 0. The molecule has 77 heavy (non-hydrogen) atoms. The fraction of sp³-hybridized carbons (Fsp3) is 0.704. The van der Waals surface area contributed by atoms with E-state index in [4.69, 9.17) is 14.2 Å². The normalized spacial score (nSPS) is 12.8. The fourth-order valence-electron chi connectivity index (χ4n) is 8.89. The average Bonchev–Trinajstić information content (AvgIpc) is 3.43. The van der Waals surface area contributed by atoms with E-state index in [0.717, 1.165) is 141 Å². The molecule has 440 valence electrons. The van der Waals surface area contributed by atoms with E-state index in [0.29, 0.717) is 19.3 Å². The molecule has 0 saturated carbocycles. The van der Waals surface area contributed by atoms with Gasteiger partial charge in [0.2, 0.25) is 0 Å². The third kappa shape index (κ3) is 62.8. The molecule has 0 heterocycles. The molecule has 0 rings (SSSR count). The van der Waals surface area contributed by atoms with Crippen molar-refractivity contribution in [2.45, 2.75) is 309 Å². The lowest BCUT2D eigenvalue weighted by Crippen LogP contribution is -2.30. The van der Waals surface area contributed by atoms with Crippen molar-refractivity contribution < 1.29 is 28.6 Å². The highest BCUT2D eigenvalue weighted by molar-refractivity contribution is 5.71. The van der Waals surface area contributed by atoms with Gasteiger partial charge in [-0.2, -0.15) is 0 Å². The van der Waals surface area contributed by atoms with Crippen LogP contribution in [0.25, 0.3) is 0 Å². The summed E-state index contributed by atoms with van der Waals surface area (Å²) in [4.78, 5) is 38.3. The minimum Gasteiger partial charge on any atom is -0.462 e. The van der Waals surface area contributed by atoms with Crippen molar-refractivity contribution >= 4 is 17.9 Å². The average molecular weight is 1070 g/mol. The Kier molecular flexibility index (Phi) is 61.3. The van der Waals surface area contributed by atoms with Crippen LogP contribution in [0.15, 0.2) is 109 Å². The molecule has 0 aromatic heterocycles. The minimum atomic E-state index is -0.794. The Balaban J connectivity index is 4.38. The van der Waals surface area contributed by atoms with Crippen LogP contribution in [0.3, 0.4) is 0 Å². The Labute approximate surface area is 476 Å². The monoisotopic (exact) mass is 1070 g/mol. The van der Waals surface area contributed by atoms with Crippen LogP contribution in [-0.2, 0) is 28.6 Å². The topological polar surface area (TPSA) is 78.9 Å². The van der Waals surface area contributed by atoms with Gasteiger partial charge in [0.05, 0.1) is 0 Å². The number of carbonyl (C=O) groups is 3. The van der Waals surface area contributed by atoms with Gasteiger partial charge in [0, 0.05) is 19.3 Å². The highest BCUT2D eigenvalue weighted by atomic mass is 16.6. The summed E-state index contributed by atoms with van der Waals surface area (Å²) in [5.74, 6) is -0.914. The lowest BCUT2D eigenvalue weighted by atomic mass is 10.1. The standard InChI is InChI=1S/C71H120O6/c1-4-7-10-13-16-19-22-25-27-29-31-33-34-35-36-38-39-41-43-46-49-52-55-58-61-64-70(73)76-67-68(66-75-69(72)63-60-57-54-51-48-45-24-21-18-15-12-9-6-3)77-71(74)65-62-59-56-53-50-47-44-42-40-37-32-30-28-26-23-20-17-14-11-8-5-2/h7,10,12,15-16,19,21,24-25,27,30-33,35-36,39,41,68H,4-6,8-9,11,13-14,17-18,20,22-23,26,28-29,34,37-38,40,42-67H2,1-3H3/b10-7-,15-12-,19-16-,24-21-,27-25-,32-30-,33-31-,36-35-,41-39-. The van der Waals surface area contributed by atoms with Gasteiger partial charge in [-0.1, -0.05) is 271 Å². The zero-order valence-corrected chi connectivity index (χ0v) is 50.4. The third-order valence-corrected chi connectivity index (χ3v) is 13.7. The first kappa shape index (κ1) is 73.1. The van der Waals surface area contributed by atoms with Crippen molar-refractivity contribution in [1.82, 2.24) is 0 Å². The van der Waals surface area contributed by atoms with E-state index >= 15 is 0 Å². The summed E-state index contributed by atoms with van der Waals surface area (Å²) in [5, 5.41) is 0. The first-order valence-electron chi connectivity index (χ1n) is 32.4. The van der Waals surface area contributed by atoms with Crippen LogP contribution in [0.2, 0.25) is 0 Å². The Morgan fingerprint density at radius 1 is 0.273 bits per heavy atom. The molecule has 0 aliphatic heterocycles. The molecule has 0 amide bonds. The molecular weight excluding hydrogens is 949 g/mol. The van der Waals surface area contributed by atoms with Gasteiger partial charge in [0.15, 0.2) is 6.10 Å². The zero-order valence-electron chi connectivity index (χ0n) is 50.4.